The molecule has 1 atom stereocenters. The Morgan fingerprint density at radius 1 is 0.958 bits per heavy atom. The number of carbonyl (C=O) groups excluding carboxylic acids is 1. The van der Waals surface area contributed by atoms with Gasteiger partial charge in [0.2, 0.25) is 5.78 Å². The molecule has 0 radical (unpaired) electrons. The second kappa shape index (κ2) is 7.20. The molecule has 0 aliphatic carbocycles. The van der Waals surface area contributed by atoms with Gasteiger partial charge in [-0.3, -0.25) is 9.35 Å². The molecule has 2 aromatic carbocycles. The van der Waals surface area contributed by atoms with Crippen LogP contribution in [0.2, 0.25) is 0 Å². The van der Waals surface area contributed by atoms with Crippen LogP contribution in [0.25, 0.3) is 0 Å². The van der Waals surface area contributed by atoms with Gasteiger partial charge in [-0.1, -0.05) is 0 Å². The van der Waals surface area contributed by atoms with Gasteiger partial charge in [0.1, 0.15) is 17.2 Å². The summed E-state index contributed by atoms with van der Waals surface area (Å²) in [5.41, 5.74) is -0.330. The Labute approximate surface area is 139 Å². The minimum atomic E-state index is -2.65. The molecule has 2 aromatic rings. The molecule has 24 heavy (non-hydrogen) atoms. The van der Waals surface area contributed by atoms with E-state index in [4.69, 9.17) is 14.0 Å². The van der Waals surface area contributed by atoms with E-state index in [2.05, 4.69) is 4.18 Å². The fourth-order valence-corrected chi connectivity index (χ4v) is 2.29. The van der Waals surface area contributed by atoms with Crippen LogP contribution >= 0.6 is 0 Å². The standard InChI is InChI=1S/C15H14O8S/c1-21-8-3-4-9(11(16)5-8)15(18)10-6-14(23-24(19)20)13(22-2)7-12(10)17/h3-7,16-17H,1-2H3,(H,19,20). The first kappa shape index (κ1) is 17.6. The number of rotatable bonds is 6. The van der Waals surface area contributed by atoms with E-state index in [1.165, 1.54) is 32.4 Å². The minimum Gasteiger partial charge on any atom is -0.507 e. The van der Waals surface area contributed by atoms with Crippen molar-refractivity contribution in [3.05, 3.63) is 41.5 Å². The van der Waals surface area contributed by atoms with E-state index in [0.29, 0.717) is 5.75 Å². The van der Waals surface area contributed by atoms with E-state index in [1.54, 1.807) is 0 Å². The van der Waals surface area contributed by atoms with Crippen molar-refractivity contribution in [1.82, 2.24) is 0 Å². The highest BCUT2D eigenvalue weighted by atomic mass is 32.2. The Morgan fingerprint density at radius 2 is 1.62 bits per heavy atom. The molecule has 0 aliphatic heterocycles. The molecule has 0 amide bonds. The number of hydrogen-bond acceptors (Lipinski definition) is 7. The number of ether oxygens (including phenoxy) is 2. The van der Waals surface area contributed by atoms with Gasteiger partial charge in [-0.2, -0.15) is 4.21 Å². The molecular weight excluding hydrogens is 340 g/mol. The molecule has 0 bridgehead atoms. The minimum absolute atomic E-state index is 0.0367. The van der Waals surface area contributed by atoms with Gasteiger partial charge in [0.25, 0.3) is 0 Å². The summed E-state index contributed by atoms with van der Waals surface area (Å²) in [5, 5.41) is 19.9. The first-order valence-corrected chi connectivity index (χ1v) is 7.52. The second-order valence-corrected chi connectivity index (χ2v) is 5.13. The zero-order valence-corrected chi connectivity index (χ0v) is 13.5. The quantitative estimate of drug-likeness (QED) is 0.531. The Bertz CT molecular complexity index is 802. The van der Waals surface area contributed by atoms with Crippen LogP contribution in [0.15, 0.2) is 30.3 Å². The molecule has 0 saturated heterocycles. The molecule has 8 nitrogen and oxygen atoms in total. The lowest BCUT2D eigenvalue weighted by Crippen LogP contribution is -2.05. The number of benzene rings is 2. The maximum Gasteiger partial charge on any atom is 0.357 e. The van der Waals surface area contributed by atoms with Gasteiger partial charge >= 0.3 is 11.4 Å². The predicted octanol–water partition coefficient (Wildman–Crippen LogP) is 1.86. The van der Waals surface area contributed by atoms with Gasteiger partial charge in [-0.05, 0) is 12.1 Å². The highest BCUT2D eigenvalue weighted by Crippen LogP contribution is 2.37. The molecule has 0 aliphatic rings. The smallest absolute Gasteiger partial charge is 0.357 e. The summed E-state index contributed by atoms with van der Waals surface area (Å²) in [5.74, 6) is -1.41. The molecule has 0 fully saturated rings. The molecule has 3 N–H and O–H groups in total. The maximum absolute atomic E-state index is 12.5. The molecule has 0 spiro atoms. The fraction of sp³-hybridized carbons (Fsp3) is 0.133. The van der Waals surface area contributed by atoms with Gasteiger partial charge < -0.3 is 23.9 Å². The van der Waals surface area contributed by atoms with Crippen LogP contribution in [0, 0.1) is 0 Å². The third-order valence-electron chi connectivity index (χ3n) is 3.14. The zero-order chi connectivity index (χ0) is 17.9. The van der Waals surface area contributed by atoms with Crippen LogP contribution in [0.4, 0.5) is 0 Å². The summed E-state index contributed by atoms with van der Waals surface area (Å²) in [4.78, 5) is 12.5. The molecule has 0 aromatic heterocycles. The number of methoxy groups -OCH3 is 2. The van der Waals surface area contributed by atoms with Gasteiger partial charge in [0.05, 0.1) is 25.3 Å². The van der Waals surface area contributed by atoms with E-state index in [9.17, 15) is 19.2 Å². The fourth-order valence-electron chi connectivity index (χ4n) is 2.01. The highest BCUT2D eigenvalue weighted by molar-refractivity contribution is 7.74. The first-order chi connectivity index (χ1) is 11.4. The predicted molar refractivity (Wildman–Crippen MR) is 84.1 cm³/mol. The normalized spacial score (nSPS) is 11.6. The summed E-state index contributed by atoms with van der Waals surface area (Å²) in [6.07, 6.45) is 0. The van der Waals surface area contributed by atoms with Crippen LogP contribution in [0.1, 0.15) is 15.9 Å². The lowest BCUT2D eigenvalue weighted by molar-refractivity contribution is 0.103. The van der Waals surface area contributed by atoms with E-state index < -0.39 is 22.9 Å². The van der Waals surface area contributed by atoms with Crippen LogP contribution < -0.4 is 13.7 Å². The van der Waals surface area contributed by atoms with Crippen molar-refractivity contribution in [3.63, 3.8) is 0 Å². The van der Waals surface area contributed by atoms with Gasteiger partial charge in [-0.25, -0.2) is 0 Å². The van der Waals surface area contributed by atoms with Crippen LogP contribution in [0.5, 0.6) is 28.7 Å². The summed E-state index contributed by atoms with van der Waals surface area (Å²) >= 11 is -2.65. The summed E-state index contributed by atoms with van der Waals surface area (Å²) in [6.45, 7) is 0. The lowest BCUT2D eigenvalue weighted by atomic mass is 10.0. The van der Waals surface area contributed by atoms with E-state index in [-0.39, 0.29) is 28.4 Å². The van der Waals surface area contributed by atoms with Crippen molar-refractivity contribution in [2.24, 2.45) is 0 Å². The molecule has 128 valence electrons. The topological polar surface area (TPSA) is 123 Å². The Morgan fingerprint density at radius 3 is 2.17 bits per heavy atom. The molecule has 0 saturated carbocycles. The first-order valence-electron chi connectivity index (χ1n) is 6.49. The van der Waals surface area contributed by atoms with Gasteiger partial charge in [0.15, 0.2) is 11.5 Å². The third kappa shape index (κ3) is 3.58. The number of ketones is 1. The molecule has 0 heterocycles. The Hall–Kier alpha value is -2.78. The van der Waals surface area contributed by atoms with Gasteiger partial charge in [0, 0.05) is 18.2 Å². The van der Waals surface area contributed by atoms with Crippen LogP contribution in [-0.4, -0.2) is 39.0 Å². The SMILES string of the molecule is COc1ccc(C(=O)c2cc(OS(=O)O)c(OC)cc2O)c(O)c1. The van der Waals surface area contributed by atoms with Crippen molar-refractivity contribution >= 4 is 17.1 Å². The van der Waals surface area contributed by atoms with Crippen molar-refractivity contribution < 1.29 is 37.4 Å². The monoisotopic (exact) mass is 354 g/mol. The van der Waals surface area contributed by atoms with E-state index >= 15 is 0 Å². The number of hydrogen-bond donors (Lipinski definition) is 3. The molecular formula is C15H14O8S. The highest BCUT2D eigenvalue weighted by Gasteiger charge is 2.21. The Kier molecular flexibility index (Phi) is 5.27. The number of phenolic OH excluding ortho intramolecular Hbond substituents is 2. The molecule has 2 rings (SSSR count). The number of phenols is 2. The lowest BCUT2D eigenvalue weighted by Gasteiger charge is -2.12. The van der Waals surface area contributed by atoms with Crippen molar-refractivity contribution in [3.8, 4) is 28.7 Å². The second-order valence-electron chi connectivity index (χ2n) is 4.53. The largest absolute Gasteiger partial charge is 0.507 e. The summed E-state index contributed by atoms with van der Waals surface area (Å²) in [6, 6.07) is 6.15. The van der Waals surface area contributed by atoms with Crippen molar-refractivity contribution in [1.29, 1.82) is 0 Å². The number of carbonyl (C=O) groups is 1. The Balaban J connectivity index is 2.51. The average molecular weight is 354 g/mol. The number of aromatic hydroxyl groups is 2. The molecule has 9 heteroatoms. The van der Waals surface area contributed by atoms with Gasteiger partial charge in [-0.15, -0.1) is 0 Å². The van der Waals surface area contributed by atoms with Crippen LogP contribution in [-0.2, 0) is 11.4 Å². The zero-order valence-electron chi connectivity index (χ0n) is 12.7. The maximum atomic E-state index is 12.5. The van der Waals surface area contributed by atoms with Crippen molar-refractivity contribution in [2.45, 2.75) is 0 Å². The van der Waals surface area contributed by atoms with Crippen LogP contribution in [0.3, 0.4) is 0 Å². The van der Waals surface area contributed by atoms with E-state index in [1.807, 2.05) is 0 Å². The van der Waals surface area contributed by atoms with Crippen molar-refractivity contribution in [2.75, 3.05) is 14.2 Å². The van der Waals surface area contributed by atoms with E-state index in [0.717, 1.165) is 12.1 Å². The third-order valence-corrected chi connectivity index (χ3v) is 3.46. The average Bonchev–Trinajstić information content (AvgIpc) is 2.54. The summed E-state index contributed by atoms with van der Waals surface area (Å²) < 4.78 is 34.2. The molecule has 1 unspecified atom stereocenters. The summed E-state index contributed by atoms with van der Waals surface area (Å²) in [7, 11) is 2.67.